The van der Waals surface area contributed by atoms with Crippen LogP contribution in [0.5, 0.6) is 0 Å². The van der Waals surface area contributed by atoms with Gasteiger partial charge in [-0.3, -0.25) is 62.1 Å². The van der Waals surface area contributed by atoms with Crippen molar-refractivity contribution in [3.05, 3.63) is 166 Å². The summed E-state index contributed by atoms with van der Waals surface area (Å²) >= 11 is 12.7. The van der Waals surface area contributed by atoms with Crippen molar-refractivity contribution in [1.82, 2.24) is 59.7 Å². The number of rotatable bonds is 13. The standard InChI is InChI=1S/C73H94Cl2N12O12/c1-14-47(4)65-73(99)81(8)44-63(90)79(6)45-64(91)83(10)58(41-51-30-32-53(74)33-31-51)69(95)80(7)43-61(88)76-55(39-52-28-23-29-54(75)37-52)67(93)77-56(38-49-24-17-15-18-25-49)68(94)84(11)59(40-50-26-19-16-20-27-50)71(97)85(12)57(36-46(2)3)70(96)86(13)60(72(98)87-34-21-22-35-87)42-62(89)82(9)48(5)66(92)78-65/h15-35,37,46-48,55-60,65H,14,36,38-45H2,1-13H3,(H,76,88)(H,77,93)(H,78,92)/t47-,48-,55-,56-,57-,58-,59-,60-,65-/m0/s1. The number of nitrogens with one attached hydrogen (secondary N) is 3. The van der Waals surface area contributed by atoms with Gasteiger partial charge in [0, 0.05) is 105 Å². The number of nitrogens with zero attached hydrogens (tertiary/aromatic N) is 9. The molecule has 1 aliphatic rings. The Morgan fingerprint density at radius 2 is 0.980 bits per heavy atom. The highest BCUT2D eigenvalue weighted by Crippen LogP contribution is 2.24. The minimum atomic E-state index is -1.52. The van der Waals surface area contributed by atoms with Crippen molar-refractivity contribution in [3.8, 4) is 0 Å². The van der Waals surface area contributed by atoms with Crippen LogP contribution >= 0.6 is 23.2 Å². The summed E-state index contributed by atoms with van der Waals surface area (Å²) < 4.78 is 1.22. The van der Waals surface area contributed by atoms with E-state index < -0.39 is 151 Å². The first-order chi connectivity index (χ1) is 46.8. The molecule has 0 bridgehead atoms. The fourth-order valence-electron chi connectivity index (χ4n) is 11.6. The number of likely N-dealkylation sites (N-methyl/N-ethyl adjacent to an activating group) is 8. The van der Waals surface area contributed by atoms with Gasteiger partial charge < -0.3 is 55.1 Å². The lowest BCUT2D eigenvalue weighted by Gasteiger charge is -2.39. The van der Waals surface area contributed by atoms with Crippen LogP contribution in [0.15, 0.2) is 134 Å². The summed E-state index contributed by atoms with van der Waals surface area (Å²) in [6.45, 7) is 6.89. The number of hydrogen-bond donors (Lipinski definition) is 3. The molecule has 6 rings (SSSR count). The van der Waals surface area contributed by atoms with Crippen molar-refractivity contribution in [1.29, 1.82) is 0 Å². The van der Waals surface area contributed by atoms with Crippen molar-refractivity contribution in [2.75, 3.05) is 76.0 Å². The van der Waals surface area contributed by atoms with Crippen LogP contribution in [0.25, 0.3) is 0 Å². The largest absolute Gasteiger partial charge is 0.342 e. The molecule has 1 saturated heterocycles. The highest BCUT2D eigenvalue weighted by atomic mass is 35.5. The number of halogens is 2. The number of amides is 11. The minimum Gasteiger partial charge on any atom is -0.342 e. The summed E-state index contributed by atoms with van der Waals surface area (Å²) in [7, 11) is 11.0. The molecule has 1 aromatic heterocycles. The van der Waals surface area contributed by atoms with Gasteiger partial charge in [0.25, 0.3) is 5.91 Å². The Hall–Kier alpha value is -9.42. The average molecular weight is 1400 g/mol. The third kappa shape index (κ3) is 21.5. The number of carbonyl (C=O) groups excluding carboxylic acids is 12. The molecule has 1 aliphatic heterocycles. The minimum absolute atomic E-state index is 0.0455. The number of carbonyl (C=O) groups is 12. The molecule has 0 aliphatic carbocycles. The molecule has 26 heteroatoms. The summed E-state index contributed by atoms with van der Waals surface area (Å²) in [5.41, 5.74) is 2.35. The van der Waals surface area contributed by atoms with Crippen LogP contribution in [0.4, 0.5) is 0 Å². The van der Waals surface area contributed by atoms with Gasteiger partial charge in [0.1, 0.15) is 48.3 Å². The quantitative estimate of drug-likeness (QED) is 0.142. The highest BCUT2D eigenvalue weighted by molar-refractivity contribution is 6.31. The third-order valence-corrected chi connectivity index (χ3v) is 18.8. The van der Waals surface area contributed by atoms with E-state index in [1.165, 1.54) is 90.1 Å². The lowest BCUT2D eigenvalue weighted by molar-refractivity contribution is -0.152. The van der Waals surface area contributed by atoms with Gasteiger partial charge in [-0.1, -0.05) is 142 Å². The molecule has 11 amide bonds. The van der Waals surface area contributed by atoms with Crippen molar-refractivity contribution in [3.63, 3.8) is 0 Å². The maximum Gasteiger partial charge on any atom is 0.253 e. The number of aromatic nitrogens is 1. The highest BCUT2D eigenvalue weighted by Gasteiger charge is 2.43. The summed E-state index contributed by atoms with van der Waals surface area (Å²) in [5, 5.41) is 9.19. The average Bonchev–Trinajstić information content (AvgIpc) is 1.40. The molecule has 4 aromatic carbocycles. The first kappa shape index (κ1) is 78.6. The smallest absolute Gasteiger partial charge is 0.253 e. The molecule has 532 valence electrons. The van der Waals surface area contributed by atoms with Crippen LogP contribution in [0.2, 0.25) is 10.0 Å². The molecular weight excluding hydrogens is 1310 g/mol. The summed E-state index contributed by atoms with van der Waals surface area (Å²) in [6.07, 6.45) is 2.26. The van der Waals surface area contributed by atoms with Crippen molar-refractivity contribution >= 4 is 94.1 Å². The SMILES string of the molecule is CC[C@H](C)[C@@H]1NC(=O)[C@H](C)N(C)C(=O)C[C@@H](C(=O)n2cccc2)N(C)C(=O)[C@H](CC(C)C)N(C)C(=O)[C@H](Cc2ccccc2)N(C)C(=O)[C@H](Cc2ccccc2)NC(=O)[C@H](Cc2cccc(Cl)c2)NC(=O)CN(C)C(=O)[C@H](Cc2ccc(Cl)cc2)N(C)C(=O)CN(C)C(=O)CN(C)C1=O. The van der Waals surface area contributed by atoms with Gasteiger partial charge in [0.15, 0.2) is 0 Å². The molecule has 0 unspecified atom stereocenters. The zero-order valence-electron chi connectivity index (χ0n) is 58.7. The van der Waals surface area contributed by atoms with Crippen LogP contribution < -0.4 is 16.0 Å². The van der Waals surface area contributed by atoms with Crippen LogP contribution in [-0.4, -0.2) is 239 Å². The Morgan fingerprint density at radius 3 is 1.56 bits per heavy atom. The maximum absolute atomic E-state index is 15.7. The van der Waals surface area contributed by atoms with E-state index in [0.717, 1.165) is 29.4 Å². The van der Waals surface area contributed by atoms with Crippen LogP contribution in [0.1, 0.15) is 80.9 Å². The zero-order chi connectivity index (χ0) is 73.1. The molecule has 1 fully saturated rings. The van der Waals surface area contributed by atoms with Gasteiger partial charge in [0.2, 0.25) is 65.0 Å². The second-order valence-electron chi connectivity index (χ2n) is 26.1. The maximum atomic E-state index is 15.7. The van der Waals surface area contributed by atoms with Crippen molar-refractivity contribution in [2.45, 2.75) is 128 Å². The molecule has 99 heavy (non-hydrogen) atoms. The number of hydrogen-bond acceptors (Lipinski definition) is 12. The van der Waals surface area contributed by atoms with E-state index in [9.17, 15) is 38.4 Å². The third-order valence-electron chi connectivity index (χ3n) is 18.3. The topological polar surface area (TPSA) is 272 Å². The van der Waals surface area contributed by atoms with E-state index in [4.69, 9.17) is 23.2 Å². The normalized spacial score (nSPS) is 22.6. The molecule has 3 N–H and O–H groups in total. The zero-order valence-corrected chi connectivity index (χ0v) is 60.2. The Labute approximate surface area is 590 Å². The van der Waals surface area contributed by atoms with Gasteiger partial charge in [0.05, 0.1) is 26.1 Å². The molecular formula is C73H94Cl2N12O12. The molecule has 0 radical (unpaired) electrons. The Kier molecular flexibility index (Phi) is 28.9. The molecule has 5 aromatic rings. The molecule has 0 spiro atoms. The van der Waals surface area contributed by atoms with Crippen LogP contribution in [0.3, 0.4) is 0 Å². The molecule has 24 nitrogen and oxygen atoms in total. The monoisotopic (exact) mass is 1400 g/mol. The van der Waals surface area contributed by atoms with Gasteiger partial charge in [-0.15, -0.1) is 0 Å². The lowest BCUT2D eigenvalue weighted by Crippen LogP contribution is -2.61. The first-order valence-corrected chi connectivity index (χ1v) is 33.8. The van der Waals surface area contributed by atoms with E-state index in [-0.39, 0.29) is 38.0 Å². The Balaban J connectivity index is 1.47. The van der Waals surface area contributed by atoms with E-state index in [2.05, 4.69) is 16.0 Å². The van der Waals surface area contributed by atoms with Gasteiger partial charge in [-0.2, -0.15) is 0 Å². The summed E-state index contributed by atoms with van der Waals surface area (Å²) in [4.78, 5) is 187. The predicted octanol–water partition coefficient (Wildman–Crippen LogP) is 4.89. The Bertz CT molecular complexity index is 3660. The molecule has 0 saturated carbocycles. The second kappa shape index (κ2) is 36.4. The van der Waals surface area contributed by atoms with E-state index in [0.29, 0.717) is 38.7 Å². The Morgan fingerprint density at radius 1 is 0.465 bits per heavy atom. The van der Waals surface area contributed by atoms with E-state index in [1.807, 2.05) is 13.8 Å². The van der Waals surface area contributed by atoms with Crippen LogP contribution in [0, 0.1) is 11.8 Å². The van der Waals surface area contributed by atoms with Crippen LogP contribution in [-0.2, 0) is 78.4 Å². The second-order valence-corrected chi connectivity index (χ2v) is 27.0. The van der Waals surface area contributed by atoms with E-state index in [1.54, 1.807) is 135 Å². The lowest BCUT2D eigenvalue weighted by atomic mass is 9.97. The van der Waals surface area contributed by atoms with Gasteiger partial charge in [-0.05, 0) is 83.8 Å². The summed E-state index contributed by atoms with van der Waals surface area (Å²) in [5.74, 6) is -9.47. The van der Waals surface area contributed by atoms with Crippen molar-refractivity contribution in [2.24, 2.45) is 11.8 Å². The molecule has 2 heterocycles. The van der Waals surface area contributed by atoms with E-state index >= 15 is 19.2 Å². The predicted molar refractivity (Wildman–Crippen MR) is 376 cm³/mol. The van der Waals surface area contributed by atoms with Gasteiger partial charge >= 0.3 is 0 Å². The first-order valence-electron chi connectivity index (χ1n) is 33.0. The fourth-order valence-corrected chi connectivity index (χ4v) is 12.0. The van der Waals surface area contributed by atoms with Crippen molar-refractivity contribution < 1.29 is 57.5 Å². The van der Waals surface area contributed by atoms with Gasteiger partial charge in [-0.25, -0.2) is 0 Å². The number of benzene rings is 4. The molecule has 9 atom stereocenters. The summed E-state index contributed by atoms with van der Waals surface area (Å²) in [6, 6.07) is 23.2. The fraction of sp³-hybridized carbons (Fsp3) is 0.452.